The first-order valence-corrected chi connectivity index (χ1v) is 5.63. The predicted molar refractivity (Wildman–Crippen MR) is 61.2 cm³/mol. The van der Waals surface area contributed by atoms with E-state index in [1.807, 2.05) is 27.7 Å². The van der Waals surface area contributed by atoms with E-state index in [0.717, 1.165) is 17.0 Å². The minimum absolute atomic E-state index is 0.0865. The average molecular weight is 228 g/mol. The molecule has 0 atom stereocenters. The summed E-state index contributed by atoms with van der Waals surface area (Å²) in [5.74, 6) is -0.133. The number of carbonyl (C=O) groups excluding carboxylic acids is 1. The van der Waals surface area contributed by atoms with Gasteiger partial charge in [0.05, 0.1) is 0 Å². The lowest BCUT2D eigenvalue weighted by molar-refractivity contribution is -0.123. The monoisotopic (exact) mass is 228 g/mol. The molecular weight excluding hydrogens is 212 g/mol. The number of hydrogen-bond acceptors (Lipinski definition) is 3. The molecule has 1 heterocycles. The van der Waals surface area contributed by atoms with Crippen molar-refractivity contribution in [2.24, 2.45) is 0 Å². The number of rotatable bonds is 2. The van der Waals surface area contributed by atoms with E-state index in [1.165, 1.54) is 4.57 Å². The van der Waals surface area contributed by atoms with Crippen LogP contribution in [0, 0.1) is 6.92 Å². The maximum atomic E-state index is 11.6. The normalized spacial score (nSPS) is 11.5. The zero-order chi connectivity index (χ0) is 11.6. The van der Waals surface area contributed by atoms with Crippen molar-refractivity contribution in [2.75, 3.05) is 0 Å². The van der Waals surface area contributed by atoms with Crippen LogP contribution < -0.4 is 10.2 Å². The Bertz CT molecular complexity index is 412. The molecule has 1 aromatic heterocycles. The lowest BCUT2D eigenvalue weighted by Gasteiger charge is -2.20. The molecule has 0 bridgehead atoms. The van der Waals surface area contributed by atoms with Crippen LogP contribution in [-0.4, -0.2) is 16.0 Å². The van der Waals surface area contributed by atoms with Gasteiger partial charge in [0.25, 0.3) is 0 Å². The van der Waals surface area contributed by atoms with Gasteiger partial charge in [-0.15, -0.1) is 0 Å². The van der Waals surface area contributed by atoms with Crippen molar-refractivity contribution in [3.05, 3.63) is 20.7 Å². The van der Waals surface area contributed by atoms with Crippen molar-refractivity contribution in [1.82, 2.24) is 9.88 Å². The van der Waals surface area contributed by atoms with E-state index < -0.39 is 0 Å². The highest BCUT2D eigenvalue weighted by Crippen LogP contribution is 2.01. The van der Waals surface area contributed by atoms with Crippen molar-refractivity contribution in [3.8, 4) is 0 Å². The number of aromatic nitrogens is 1. The van der Waals surface area contributed by atoms with Gasteiger partial charge in [0.2, 0.25) is 5.91 Å². The van der Waals surface area contributed by atoms with E-state index in [2.05, 4.69) is 5.32 Å². The third kappa shape index (κ3) is 3.51. The summed E-state index contributed by atoms with van der Waals surface area (Å²) in [6, 6.07) is 0. The van der Waals surface area contributed by atoms with Crippen LogP contribution >= 0.6 is 11.3 Å². The molecule has 1 aromatic rings. The van der Waals surface area contributed by atoms with Gasteiger partial charge in [-0.05, 0) is 27.7 Å². The van der Waals surface area contributed by atoms with Gasteiger partial charge in [-0.25, -0.2) is 0 Å². The number of carbonyl (C=O) groups is 1. The molecule has 0 unspecified atom stereocenters. The van der Waals surface area contributed by atoms with Crippen LogP contribution in [-0.2, 0) is 11.3 Å². The molecule has 15 heavy (non-hydrogen) atoms. The Kier molecular flexibility index (Phi) is 3.34. The van der Waals surface area contributed by atoms with Crippen molar-refractivity contribution in [3.63, 3.8) is 0 Å². The van der Waals surface area contributed by atoms with Crippen LogP contribution in [0.3, 0.4) is 0 Å². The summed E-state index contributed by atoms with van der Waals surface area (Å²) in [4.78, 5) is 22.8. The number of aryl methyl sites for hydroxylation is 1. The molecule has 5 heteroatoms. The lowest BCUT2D eigenvalue weighted by atomic mass is 10.1. The van der Waals surface area contributed by atoms with E-state index >= 15 is 0 Å². The molecule has 1 rings (SSSR count). The van der Waals surface area contributed by atoms with Gasteiger partial charge in [0.1, 0.15) is 6.54 Å². The lowest BCUT2D eigenvalue weighted by Crippen LogP contribution is -2.43. The van der Waals surface area contributed by atoms with E-state index in [9.17, 15) is 9.59 Å². The minimum Gasteiger partial charge on any atom is -0.350 e. The molecular formula is C10H16N2O2S. The molecule has 0 fully saturated rings. The predicted octanol–water partition coefficient (Wildman–Crippen LogP) is 1.13. The molecule has 0 aliphatic carbocycles. The Morgan fingerprint density at radius 3 is 2.53 bits per heavy atom. The van der Waals surface area contributed by atoms with E-state index in [4.69, 9.17) is 0 Å². The van der Waals surface area contributed by atoms with Crippen LogP contribution in [0.5, 0.6) is 0 Å². The van der Waals surface area contributed by atoms with Crippen molar-refractivity contribution < 1.29 is 4.79 Å². The van der Waals surface area contributed by atoms with Crippen molar-refractivity contribution in [2.45, 2.75) is 39.8 Å². The fraction of sp³-hybridized carbons (Fsp3) is 0.600. The van der Waals surface area contributed by atoms with Gasteiger partial charge in [-0.2, -0.15) is 0 Å². The molecule has 4 nitrogen and oxygen atoms in total. The molecule has 0 aliphatic rings. The third-order valence-electron chi connectivity index (χ3n) is 1.79. The summed E-state index contributed by atoms with van der Waals surface area (Å²) in [6.45, 7) is 7.66. The van der Waals surface area contributed by atoms with Crippen LogP contribution in [0.2, 0.25) is 0 Å². The van der Waals surface area contributed by atoms with Crippen LogP contribution in [0.15, 0.2) is 10.2 Å². The topological polar surface area (TPSA) is 51.1 Å². The first kappa shape index (κ1) is 12.0. The standard InChI is InChI=1S/C10H16N2O2S/c1-7-6-15-9(14)12(7)5-8(13)11-10(2,3)4/h6H,5H2,1-4H3,(H,11,13). The maximum Gasteiger partial charge on any atom is 0.307 e. The second-order valence-electron chi connectivity index (χ2n) is 4.53. The number of thiazole rings is 1. The minimum atomic E-state index is -0.259. The van der Waals surface area contributed by atoms with E-state index in [-0.39, 0.29) is 22.9 Å². The maximum absolute atomic E-state index is 11.6. The molecule has 0 spiro atoms. The number of nitrogens with zero attached hydrogens (tertiary/aromatic N) is 1. The molecule has 0 aliphatic heterocycles. The number of hydrogen-bond donors (Lipinski definition) is 1. The molecule has 1 N–H and O–H groups in total. The second-order valence-corrected chi connectivity index (χ2v) is 5.35. The molecule has 84 valence electrons. The first-order valence-electron chi connectivity index (χ1n) is 4.75. The zero-order valence-electron chi connectivity index (χ0n) is 9.46. The Morgan fingerprint density at radius 1 is 1.53 bits per heavy atom. The van der Waals surface area contributed by atoms with Gasteiger partial charge in [0, 0.05) is 16.6 Å². The number of amides is 1. The summed E-state index contributed by atoms with van der Waals surface area (Å²) in [7, 11) is 0. The molecule has 0 radical (unpaired) electrons. The summed E-state index contributed by atoms with van der Waals surface area (Å²) in [6.07, 6.45) is 0. The zero-order valence-corrected chi connectivity index (χ0v) is 10.3. The fourth-order valence-corrected chi connectivity index (χ4v) is 1.93. The van der Waals surface area contributed by atoms with Crippen LogP contribution in [0.1, 0.15) is 26.5 Å². The highest BCUT2D eigenvalue weighted by Gasteiger charge is 2.15. The van der Waals surface area contributed by atoms with E-state index in [1.54, 1.807) is 5.38 Å². The van der Waals surface area contributed by atoms with Gasteiger partial charge in [0.15, 0.2) is 0 Å². The Balaban J connectivity index is 2.72. The van der Waals surface area contributed by atoms with E-state index in [0.29, 0.717) is 0 Å². The van der Waals surface area contributed by atoms with Crippen LogP contribution in [0.4, 0.5) is 0 Å². The fourth-order valence-electron chi connectivity index (χ4n) is 1.20. The van der Waals surface area contributed by atoms with Gasteiger partial charge in [-0.3, -0.25) is 14.2 Å². The SMILES string of the molecule is Cc1csc(=O)n1CC(=O)NC(C)(C)C. The summed E-state index contributed by atoms with van der Waals surface area (Å²) in [5.41, 5.74) is 0.569. The highest BCUT2D eigenvalue weighted by molar-refractivity contribution is 7.07. The molecule has 0 aromatic carbocycles. The van der Waals surface area contributed by atoms with Crippen molar-refractivity contribution >= 4 is 17.2 Å². The summed E-state index contributed by atoms with van der Waals surface area (Å²) >= 11 is 1.12. The largest absolute Gasteiger partial charge is 0.350 e. The number of nitrogens with one attached hydrogen (secondary N) is 1. The summed E-state index contributed by atoms with van der Waals surface area (Å²) < 4.78 is 1.48. The average Bonchev–Trinajstić information content (AvgIpc) is 2.32. The smallest absolute Gasteiger partial charge is 0.307 e. The van der Waals surface area contributed by atoms with Crippen molar-refractivity contribution in [1.29, 1.82) is 0 Å². The molecule has 0 saturated heterocycles. The van der Waals surface area contributed by atoms with Gasteiger partial charge in [-0.1, -0.05) is 11.3 Å². The summed E-state index contributed by atoms with van der Waals surface area (Å²) in [5, 5.41) is 4.57. The Morgan fingerprint density at radius 2 is 2.13 bits per heavy atom. The second kappa shape index (κ2) is 4.18. The van der Waals surface area contributed by atoms with Gasteiger partial charge >= 0.3 is 4.87 Å². The molecule has 0 saturated carbocycles. The molecule has 1 amide bonds. The quantitative estimate of drug-likeness (QED) is 0.825. The van der Waals surface area contributed by atoms with Gasteiger partial charge < -0.3 is 5.32 Å². The Hall–Kier alpha value is -1.10. The Labute approximate surface area is 92.9 Å². The van der Waals surface area contributed by atoms with Crippen LogP contribution in [0.25, 0.3) is 0 Å². The first-order chi connectivity index (χ1) is 6.79. The third-order valence-corrected chi connectivity index (χ3v) is 2.67. The highest BCUT2D eigenvalue weighted by atomic mass is 32.1.